The molecule has 0 radical (unpaired) electrons. The van der Waals surface area contributed by atoms with Gasteiger partial charge in [0.2, 0.25) is 0 Å². The number of carbonyl (C=O) groups is 2. The Morgan fingerprint density at radius 1 is 1.16 bits per heavy atom. The largest absolute Gasteiger partial charge is 0.357 e. The molecule has 2 aliphatic rings. The predicted molar refractivity (Wildman–Crippen MR) is 98.8 cm³/mol. The summed E-state index contributed by atoms with van der Waals surface area (Å²) in [4.78, 5) is 33.7. The third-order valence-corrected chi connectivity index (χ3v) is 5.20. The number of hydrogen-bond acceptors (Lipinski definition) is 4. The Hall–Kier alpha value is -1.91. The van der Waals surface area contributed by atoms with Gasteiger partial charge < -0.3 is 9.80 Å². The van der Waals surface area contributed by atoms with E-state index in [1.807, 2.05) is 17.0 Å². The molecule has 1 aromatic rings. The molecule has 5 heteroatoms. The first kappa shape index (κ1) is 17.9. The number of aromatic nitrogens is 1. The molecular weight excluding hydrogens is 314 g/mol. The molecule has 2 saturated heterocycles. The van der Waals surface area contributed by atoms with Gasteiger partial charge in [-0.1, -0.05) is 13.8 Å². The lowest BCUT2D eigenvalue weighted by molar-refractivity contribution is -0.124. The molecule has 3 rings (SSSR count). The number of hydrogen-bond donors (Lipinski definition) is 0. The maximum Gasteiger partial charge on any atom is 0.255 e. The first-order chi connectivity index (χ1) is 12.0. The topological polar surface area (TPSA) is 53.5 Å². The maximum atomic E-state index is 12.8. The Morgan fingerprint density at radius 2 is 1.92 bits per heavy atom. The molecule has 0 aromatic carbocycles. The van der Waals surface area contributed by atoms with Crippen molar-refractivity contribution in [3.8, 4) is 0 Å². The fourth-order valence-electron chi connectivity index (χ4n) is 3.82. The van der Waals surface area contributed by atoms with Crippen molar-refractivity contribution in [2.24, 2.45) is 11.8 Å². The highest BCUT2D eigenvalue weighted by Gasteiger charge is 2.29. The minimum Gasteiger partial charge on any atom is -0.357 e. The summed E-state index contributed by atoms with van der Waals surface area (Å²) in [6.07, 6.45) is 6.53. The summed E-state index contributed by atoms with van der Waals surface area (Å²) in [5, 5.41) is 0. The van der Waals surface area contributed by atoms with Crippen molar-refractivity contribution in [1.29, 1.82) is 0 Å². The number of ketones is 1. The van der Waals surface area contributed by atoms with Gasteiger partial charge in [-0.25, -0.2) is 4.98 Å². The summed E-state index contributed by atoms with van der Waals surface area (Å²) >= 11 is 0. The van der Waals surface area contributed by atoms with Crippen LogP contribution in [0.15, 0.2) is 18.3 Å². The van der Waals surface area contributed by atoms with E-state index in [9.17, 15) is 9.59 Å². The van der Waals surface area contributed by atoms with Crippen molar-refractivity contribution >= 4 is 17.5 Å². The number of likely N-dealkylation sites (tertiary alicyclic amines) is 1. The zero-order valence-electron chi connectivity index (χ0n) is 15.4. The van der Waals surface area contributed by atoms with Gasteiger partial charge in [-0.3, -0.25) is 9.59 Å². The van der Waals surface area contributed by atoms with E-state index in [-0.39, 0.29) is 11.8 Å². The molecule has 0 N–H and O–H groups in total. The molecule has 1 unspecified atom stereocenters. The molecule has 25 heavy (non-hydrogen) atoms. The van der Waals surface area contributed by atoms with Crippen LogP contribution in [-0.2, 0) is 4.79 Å². The number of piperidine rings is 1. The maximum absolute atomic E-state index is 12.8. The molecule has 0 bridgehead atoms. The van der Waals surface area contributed by atoms with Crippen LogP contribution in [0.5, 0.6) is 0 Å². The second kappa shape index (κ2) is 7.98. The van der Waals surface area contributed by atoms with Gasteiger partial charge in [0, 0.05) is 44.7 Å². The molecule has 2 aliphatic heterocycles. The summed E-state index contributed by atoms with van der Waals surface area (Å²) < 4.78 is 0. The van der Waals surface area contributed by atoms with E-state index < -0.39 is 0 Å². The number of pyridine rings is 1. The Morgan fingerprint density at radius 3 is 2.56 bits per heavy atom. The zero-order chi connectivity index (χ0) is 17.8. The van der Waals surface area contributed by atoms with E-state index in [4.69, 9.17) is 0 Å². The van der Waals surface area contributed by atoms with Crippen molar-refractivity contribution in [2.75, 3.05) is 31.1 Å². The Bertz CT molecular complexity index is 606. The summed E-state index contributed by atoms with van der Waals surface area (Å²) in [6.45, 7) is 7.52. The van der Waals surface area contributed by atoms with Crippen LogP contribution in [0.4, 0.5) is 5.82 Å². The summed E-state index contributed by atoms with van der Waals surface area (Å²) in [5.74, 6) is 1.63. The lowest BCUT2D eigenvalue weighted by Crippen LogP contribution is -2.42. The molecule has 1 atom stereocenters. The first-order valence-corrected chi connectivity index (χ1v) is 9.57. The molecule has 0 aliphatic carbocycles. The fraction of sp³-hybridized carbons (Fsp3) is 0.650. The van der Waals surface area contributed by atoms with Gasteiger partial charge in [-0.15, -0.1) is 0 Å². The lowest BCUT2D eigenvalue weighted by atomic mass is 9.89. The van der Waals surface area contributed by atoms with E-state index in [1.165, 1.54) is 12.8 Å². The third kappa shape index (κ3) is 4.39. The Kier molecular flexibility index (Phi) is 5.71. The molecule has 3 heterocycles. The molecule has 2 fully saturated rings. The Balaban J connectivity index is 1.62. The summed E-state index contributed by atoms with van der Waals surface area (Å²) in [5.41, 5.74) is 0.625. The van der Waals surface area contributed by atoms with E-state index in [1.54, 1.807) is 6.20 Å². The predicted octanol–water partition coefficient (Wildman–Crippen LogP) is 3.15. The summed E-state index contributed by atoms with van der Waals surface area (Å²) in [6, 6.07) is 3.83. The standard InChI is InChI=1S/C20H29N3O2/c1-15(2)12-18(24)17-6-5-11-23(14-17)20(25)16-7-8-19(21-13-16)22-9-3-4-10-22/h7-8,13,15,17H,3-6,9-12,14H2,1-2H3. The van der Waals surface area contributed by atoms with E-state index in [0.29, 0.717) is 30.2 Å². The molecule has 1 amide bonds. The molecule has 1 aromatic heterocycles. The number of Topliss-reactive ketones (excluding diaryl/α,β-unsaturated/α-hetero) is 1. The van der Waals surface area contributed by atoms with Crippen LogP contribution >= 0.6 is 0 Å². The van der Waals surface area contributed by atoms with Crippen molar-refractivity contribution in [3.05, 3.63) is 23.9 Å². The van der Waals surface area contributed by atoms with Gasteiger partial charge in [0.15, 0.2) is 0 Å². The van der Waals surface area contributed by atoms with Gasteiger partial charge in [0.25, 0.3) is 5.91 Å². The van der Waals surface area contributed by atoms with Gasteiger partial charge >= 0.3 is 0 Å². The van der Waals surface area contributed by atoms with E-state index >= 15 is 0 Å². The second-order valence-corrected chi connectivity index (χ2v) is 7.75. The average molecular weight is 343 g/mol. The van der Waals surface area contributed by atoms with Crippen molar-refractivity contribution in [1.82, 2.24) is 9.88 Å². The monoisotopic (exact) mass is 343 g/mol. The highest BCUT2D eigenvalue weighted by atomic mass is 16.2. The minimum atomic E-state index is -0.00284. The van der Waals surface area contributed by atoms with Gasteiger partial charge in [-0.2, -0.15) is 0 Å². The number of anilines is 1. The van der Waals surface area contributed by atoms with Crippen LogP contribution in [-0.4, -0.2) is 47.8 Å². The molecule has 136 valence electrons. The second-order valence-electron chi connectivity index (χ2n) is 7.75. The van der Waals surface area contributed by atoms with Crippen molar-refractivity contribution < 1.29 is 9.59 Å². The van der Waals surface area contributed by atoms with Crippen LogP contribution in [0.1, 0.15) is 56.3 Å². The third-order valence-electron chi connectivity index (χ3n) is 5.20. The molecule has 0 spiro atoms. The van der Waals surface area contributed by atoms with Crippen LogP contribution in [0, 0.1) is 11.8 Å². The van der Waals surface area contributed by atoms with Gasteiger partial charge in [0.05, 0.1) is 5.56 Å². The first-order valence-electron chi connectivity index (χ1n) is 9.57. The van der Waals surface area contributed by atoms with E-state index in [2.05, 4.69) is 23.7 Å². The van der Waals surface area contributed by atoms with Crippen LogP contribution in [0.25, 0.3) is 0 Å². The normalized spacial score (nSPS) is 21.0. The highest BCUT2D eigenvalue weighted by molar-refractivity contribution is 5.94. The smallest absolute Gasteiger partial charge is 0.255 e. The quantitative estimate of drug-likeness (QED) is 0.824. The van der Waals surface area contributed by atoms with Crippen LogP contribution < -0.4 is 4.90 Å². The van der Waals surface area contributed by atoms with E-state index in [0.717, 1.165) is 38.3 Å². The average Bonchev–Trinajstić information content (AvgIpc) is 3.15. The van der Waals surface area contributed by atoms with Gasteiger partial charge in [-0.05, 0) is 43.7 Å². The Labute approximate surface area is 150 Å². The molecule has 5 nitrogen and oxygen atoms in total. The highest BCUT2D eigenvalue weighted by Crippen LogP contribution is 2.23. The number of carbonyl (C=O) groups excluding carboxylic acids is 2. The van der Waals surface area contributed by atoms with Crippen molar-refractivity contribution in [2.45, 2.75) is 46.0 Å². The lowest BCUT2D eigenvalue weighted by Gasteiger charge is -2.32. The zero-order valence-corrected chi connectivity index (χ0v) is 15.4. The number of amides is 1. The van der Waals surface area contributed by atoms with Crippen molar-refractivity contribution in [3.63, 3.8) is 0 Å². The van der Waals surface area contributed by atoms with Crippen LogP contribution in [0.3, 0.4) is 0 Å². The minimum absolute atomic E-state index is 0.00233. The summed E-state index contributed by atoms with van der Waals surface area (Å²) in [7, 11) is 0. The van der Waals surface area contributed by atoms with Gasteiger partial charge in [0.1, 0.15) is 11.6 Å². The number of rotatable bonds is 5. The fourth-order valence-corrected chi connectivity index (χ4v) is 3.82. The molecular formula is C20H29N3O2. The number of nitrogens with zero attached hydrogens (tertiary/aromatic N) is 3. The SMILES string of the molecule is CC(C)CC(=O)C1CCCN(C(=O)c2ccc(N3CCCC3)nc2)C1. The van der Waals surface area contributed by atoms with Crippen LogP contribution in [0.2, 0.25) is 0 Å². The molecule has 0 saturated carbocycles.